The molecule has 0 aliphatic heterocycles. The molecule has 1 atom stereocenters. The molecule has 4 heteroatoms. The van der Waals surface area contributed by atoms with Crippen LogP contribution in [0.5, 0.6) is 11.5 Å². The minimum Gasteiger partial charge on any atom is -0.496 e. The van der Waals surface area contributed by atoms with Gasteiger partial charge in [-0.05, 0) is 18.2 Å². The Hall–Kier alpha value is -1.94. The van der Waals surface area contributed by atoms with Gasteiger partial charge in [-0.15, -0.1) is 0 Å². The maximum absolute atomic E-state index is 10.6. The molecule has 19 heavy (non-hydrogen) atoms. The highest BCUT2D eigenvalue weighted by Crippen LogP contribution is 2.38. The van der Waals surface area contributed by atoms with Crippen LogP contribution in [0.3, 0.4) is 0 Å². The highest BCUT2D eigenvalue weighted by molar-refractivity contribution is 5.49. The van der Waals surface area contributed by atoms with E-state index in [4.69, 9.17) is 13.9 Å². The number of hydrogen-bond donors (Lipinski definition) is 1. The van der Waals surface area contributed by atoms with Gasteiger partial charge in [-0.3, -0.25) is 0 Å². The number of benzene rings is 1. The van der Waals surface area contributed by atoms with Crippen molar-refractivity contribution >= 4 is 0 Å². The number of hydrogen-bond acceptors (Lipinski definition) is 4. The Morgan fingerprint density at radius 3 is 2.32 bits per heavy atom. The van der Waals surface area contributed by atoms with E-state index < -0.39 is 6.10 Å². The van der Waals surface area contributed by atoms with E-state index in [-0.39, 0.29) is 0 Å². The molecule has 1 aromatic carbocycles. The van der Waals surface area contributed by atoms with Crippen LogP contribution in [-0.2, 0) is 6.42 Å². The zero-order valence-corrected chi connectivity index (χ0v) is 11.3. The molecule has 2 aromatic rings. The second-order valence-corrected chi connectivity index (χ2v) is 4.13. The second-order valence-electron chi connectivity index (χ2n) is 4.13. The van der Waals surface area contributed by atoms with E-state index in [2.05, 4.69) is 0 Å². The summed E-state index contributed by atoms with van der Waals surface area (Å²) in [5.74, 6) is 1.95. The molecule has 0 aliphatic rings. The first-order chi connectivity index (χ1) is 9.22. The van der Waals surface area contributed by atoms with Crippen LogP contribution < -0.4 is 9.47 Å². The Morgan fingerprint density at radius 1 is 1.16 bits per heavy atom. The molecule has 0 spiro atoms. The molecule has 102 valence electrons. The number of furan rings is 1. The Bertz CT molecular complexity index is 523. The monoisotopic (exact) mass is 262 g/mol. The van der Waals surface area contributed by atoms with Crippen LogP contribution in [0.15, 0.2) is 34.9 Å². The normalized spacial score (nSPS) is 12.2. The van der Waals surface area contributed by atoms with Gasteiger partial charge in [-0.25, -0.2) is 0 Å². The number of methoxy groups -OCH3 is 2. The first kappa shape index (κ1) is 13.5. The van der Waals surface area contributed by atoms with Gasteiger partial charge in [0.2, 0.25) is 0 Å². The van der Waals surface area contributed by atoms with Gasteiger partial charge in [0, 0.05) is 12.0 Å². The predicted molar refractivity (Wildman–Crippen MR) is 71.7 cm³/mol. The average molecular weight is 262 g/mol. The standard InChI is InChI=1S/C15H18O4/c1-4-11-10(8-9-19-11)15(16)14-12(17-2)6-5-7-13(14)18-3/h5-9,15-16H,4H2,1-3H3. The van der Waals surface area contributed by atoms with E-state index in [0.29, 0.717) is 17.1 Å². The summed E-state index contributed by atoms with van der Waals surface area (Å²) in [5.41, 5.74) is 1.36. The lowest BCUT2D eigenvalue weighted by molar-refractivity contribution is 0.206. The van der Waals surface area contributed by atoms with Gasteiger partial charge in [0.05, 0.1) is 26.0 Å². The predicted octanol–water partition coefficient (Wildman–Crippen LogP) is 2.94. The molecule has 2 rings (SSSR count). The fourth-order valence-electron chi connectivity index (χ4n) is 2.19. The Morgan fingerprint density at radius 2 is 1.79 bits per heavy atom. The van der Waals surface area contributed by atoms with E-state index in [1.165, 1.54) is 0 Å². The van der Waals surface area contributed by atoms with E-state index >= 15 is 0 Å². The van der Waals surface area contributed by atoms with Gasteiger partial charge in [-0.2, -0.15) is 0 Å². The Kier molecular flexibility index (Phi) is 4.12. The van der Waals surface area contributed by atoms with Crippen LogP contribution in [0.2, 0.25) is 0 Å². The van der Waals surface area contributed by atoms with Gasteiger partial charge < -0.3 is 19.0 Å². The average Bonchev–Trinajstić information content (AvgIpc) is 2.93. The summed E-state index contributed by atoms with van der Waals surface area (Å²) < 4.78 is 16.0. The first-order valence-electron chi connectivity index (χ1n) is 6.18. The Balaban J connectivity index is 2.51. The maximum atomic E-state index is 10.6. The third kappa shape index (κ3) is 2.44. The van der Waals surface area contributed by atoms with Crippen molar-refractivity contribution in [3.8, 4) is 11.5 Å². The minimum absolute atomic E-state index is 0.593. The zero-order chi connectivity index (χ0) is 13.8. The van der Waals surface area contributed by atoms with Gasteiger partial charge in [0.25, 0.3) is 0 Å². The van der Waals surface area contributed by atoms with Crippen molar-refractivity contribution in [3.05, 3.63) is 47.4 Å². The summed E-state index contributed by atoms with van der Waals surface area (Å²) in [6.45, 7) is 1.98. The summed E-state index contributed by atoms with van der Waals surface area (Å²) in [7, 11) is 3.14. The minimum atomic E-state index is -0.834. The van der Waals surface area contributed by atoms with Crippen molar-refractivity contribution in [2.24, 2.45) is 0 Å². The first-order valence-corrected chi connectivity index (χ1v) is 6.18. The summed E-state index contributed by atoms with van der Waals surface area (Å²) in [4.78, 5) is 0. The molecule has 1 heterocycles. The molecule has 0 saturated carbocycles. The molecule has 0 fully saturated rings. The van der Waals surface area contributed by atoms with Crippen LogP contribution in [0.25, 0.3) is 0 Å². The lowest BCUT2D eigenvalue weighted by Gasteiger charge is -2.18. The van der Waals surface area contributed by atoms with Crippen molar-refractivity contribution in [3.63, 3.8) is 0 Å². The van der Waals surface area contributed by atoms with E-state index in [1.54, 1.807) is 38.7 Å². The third-order valence-electron chi connectivity index (χ3n) is 3.13. The fourth-order valence-corrected chi connectivity index (χ4v) is 2.19. The summed E-state index contributed by atoms with van der Waals surface area (Å²) in [6, 6.07) is 7.19. The van der Waals surface area contributed by atoms with Gasteiger partial charge >= 0.3 is 0 Å². The number of aliphatic hydroxyl groups is 1. The third-order valence-corrected chi connectivity index (χ3v) is 3.13. The maximum Gasteiger partial charge on any atom is 0.128 e. The molecule has 1 unspecified atom stereocenters. The SMILES string of the molecule is CCc1occc1C(O)c1c(OC)cccc1OC. The topological polar surface area (TPSA) is 51.8 Å². The number of aryl methyl sites for hydroxylation is 1. The van der Waals surface area contributed by atoms with Crippen LogP contribution in [0, 0.1) is 0 Å². The molecule has 0 radical (unpaired) electrons. The summed E-state index contributed by atoms with van der Waals surface area (Å²) >= 11 is 0. The highest BCUT2D eigenvalue weighted by Gasteiger charge is 2.23. The van der Waals surface area contributed by atoms with E-state index in [0.717, 1.165) is 17.7 Å². The van der Waals surface area contributed by atoms with Gasteiger partial charge in [0.15, 0.2) is 0 Å². The molecule has 1 N–H and O–H groups in total. The zero-order valence-electron chi connectivity index (χ0n) is 11.3. The van der Waals surface area contributed by atoms with Crippen LogP contribution in [0.1, 0.15) is 29.9 Å². The lowest BCUT2D eigenvalue weighted by Crippen LogP contribution is -2.06. The van der Waals surface area contributed by atoms with Crippen molar-refractivity contribution < 1.29 is 19.0 Å². The number of aliphatic hydroxyl groups excluding tert-OH is 1. The van der Waals surface area contributed by atoms with E-state index in [9.17, 15) is 5.11 Å². The summed E-state index contributed by atoms with van der Waals surface area (Å²) in [5, 5.41) is 10.6. The van der Waals surface area contributed by atoms with E-state index in [1.807, 2.05) is 13.0 Å². The van der Waals surface area contributed by atoms with Crippen molar-refractivity contribution in [2.45, 2.75) is 19.4 Å². The number of rotatable bonds is 5. The van der Waals surface area contributed by atoms with Crippen LogP contribution >= 0.6 is 0 Å². The summed E-state index contributed by atoms with van der Waals surface area (Å²) in [6.07, 6.45) is 1.47. The molecule has 0 bridgehead atoms. The molecule has 0 saturated heterocycles. The van der Waals surface area contributed by atoms with Crippen LogP contribution in [-0.4, -0.2) is 19.3 Å². The molecular formula is C15H18O4. The number of ether oxygens (including phenoxy) is 2. The highest BCUT2D eigenvalue weighted by atomic mass is 16.5. The van der Waals surface area contributed by atoms with Crippen LogP contribution in [0.4, 0.5) is 0 Å². The largest absolute Gasteiger partial charge is 0.496 e. The molecule has 4 nitrogen and oxygen atoms in total. The van der Waals surface area contributed by atoms with Gasteiger partial charge in [-0.1, -0.05) is 13.0 Å². The lowest BCUT2D eigenvalue weighted by atomic mass is 9.99. The fraction of sp³-hybridized carbons (Fsp3) is 0.333. The Labute approximate surface area is 112 Å². The quantitative estimate of drug-likeness (QED) is 0.900. The molecular weight excluding hydrogens is 244 g/mol. The molecule has 1 aromatic heterocycles. The second kappa shape index (κ2) is 5.80. The van der Waals surface area contributed by atoms with Crippen molar-refractivity contribution in [1.82, 2.24) is 0 Å². The smallest absolute Gasteiger partial charge is 0.128 e. The molecule has 0 aliphatic carbocycles. The van der Waals surface area contributed by atoms with Crippen molar-refractivity contribution in [2.75, 3.05) is 14.2 Å². The molecule has 0 amide bonds. The van der Waals surface area contributed by atoms with Crippen molar-refractivity contribution in [1.29, 1.82) is 0 Å². The van der Waals surface area contributed by atoms with Gasteiger partial charge in [0.1, 0.15) is 23.4 Å².